The molecule has 0 saturated carbocycles. The van der Waals surface area contributed by atoms with Crippen LogP contribution in [0.4, 0.5) is 19.0 Å². The molecule has 2 aromatic rings. The molecule has 2 rings (SSSR count). The molecule has 134 valence electrons. The van der Waals surface area contributed by atoms with E-state index in [9.17, 15) is 22.8 Å². The lowest BCUT2D eigenvalue weighted by Crippen LogP contribution is -2.32. The quantitative estimate of drug-likeness (QED) is 0.887. The predicted molar refractivity (Wildman–Crippen MR) is 86.1 cm³/mol. The SMILES string of the molecule is CN(C)c1ccc(CNC(=O)Cn2cc(C(F)(F)F)ccc2=O)cn1. The predicted octanol–water partition coefficient (Wildman–Crippen LogP) is 1.64. The number of alkyl halides is 3. The molecule has 2 aromatic heterocycles. The van der Waals surface area contributed by atoms with E-state index < -0.39 is 29.8 Å². The van der Waals surface area contributed by atoms with Gasteiger partial charge in [0.2, 0.25) is 5.91 Å². The summed E-state index contributed by atoms with van der Waals surface area (Å²) in [5.41, 5.74) is -0.932. The zero-order valence-corrected chi connectivity index (χ0v) is 13.7. The molecule has 0 radical (unpaired) electrons. The maximum Gasteiger partial charge on any atom is 0.417 e. The van der Waals surface area contributed by atoms with Crippen LogP contribution in [0.1, 0.15) is 11.1 Å². The van der Waals surface area contributed by atoms with E-state index >= 15 is 0 Å². The van der Waals surface area contributed by atoms with Gasteiger partial charge in [0.25, 0.3) is 5.56 Å². The van der Waals surface area contributed by atoms with Gasteiger partial charge >= 0.3 is 6.18 Å². The molecule has 0 unspecified atom stereocenters. The Balaban J connectivity index is 1.99. The van der Waals surface area contributed by atoms with Gasteiger partial charge in [-0.2, -0.15) is 13.2 Å². The molecular weight excluding hydrogens is 337 g/mol. The first-order valence-corrected chi connectivity index (χ1v) is 7.33. The molecule has 0 fully saturated rings. The second-order valence-corrected chi connectivity index (χ2v) is 5.58. The van der Waals surface area contributed by atoms with Crippen molar-refractivity contribution < 1.29 is 18.0 Å². The molecular formula is C16H17F3N4O2. The molecule has 6 nitrogen and oxygen atoms in total. The highest BCUT2D eigenvalue weighted by atomic mass is 19.4. The molecule has 0 aromatic carbocycles. The highest BCUT2D eigenvalue weighted by molar-refractivity contribution is 5.75. The number of halogens is 3. The largest absolute Gasteiger partial charge is 0.417 e. The number of carbonyl (C=O) groups excluding carboxylic acids is 1. The Labute approximate surface area is 141 Å². The lowest BCUT2D eigenvalue weighted by atomic mass is 10.2. The van der Waals surface area contributed by atoms with E-state index in [1.165, 1.54) is 0 Å². The van der Waals surface area contributed by atoms with Crippen LogP contribution in [0.25, 0.3) is 0 Å². The van der Waals surface area contributed by atoms with E-state index in [1.54, 1.807) is 18.3 Å². The van der Waals surface area contributed by atoms with Crippen LogP contribution < -0.4 is 15.8 Å². The molecule has 9 heteroatoms. The van der Waals surface area contributed by atoms with Crippen molar-refractivity contribution in [2.45, 2.75) is 19.3 Å². The number of nitrogens with one attached hydrogen (secondary N) is 1. The fraction of sp³-hybridized carbons (Fsp3) is 0.312. The topological polar surface area (TPSA) is 67.2 Å². The third-order valence-electron chi connectivity index (χ3n) is 3.38. The number of anilines is 1. The normalized spacial score (nSPS) is 11.2. The fourth-order valence-corrected chi connectivity index (χ4v) is 2.02. The van der Waals surface area contributed by atoms with Crippen molar-refractivity contribution in [1.82, 2.24) is 14.9 Å². The van der Waals surface area contributed by atoms with Crippen molar-refractivity contribution in [3.8, 4) is 0 Å². The van der Waals surface area contributed by atoms with Crippen LogP contribution in [0.3, 0.4) is 0 Å². The Morgan fingerprint density at radius 1 is 1.24 bits per heavy atom. The Kier molecular flexibility index (Phi) is 5.45. The van der Waals surface area contributed by atoms with Gasteiger partial charge in [-0.15, -0.1) is 0 Å². The van der Waals surface area contributed by atoms with Crippen molar-refractivity contribution in [2.24, 2.45) is 0 Å². The molecule has 1 amide bonds. The van der Waals surface area contributed by atoms with Crippen LogP contribution >= 0.6 is 0 Å². The highest BCUT2D eigenvalue weighted by Gasteiger charge is 2.31. The fourth-order valence-electron chi connectivity index (χ4n) is 2.02. The van der Waals surface area contributed by atoms with Gasteiger partial charge in [0, 0.05) is 39.1 Å². The Morgan fingerprint density at radius 2 is 1.96 bits per heavy atom. The van der Waals surface area contributed by atoms with Gasteiger partial charge in [-0.3, -0.25) is 9.59 Å². The second kappa shape index (κ2) is 7.37. The number of nitrogens with zero attached hydrogens (tertiary/aromatic N) is 3. The third kappa shape index (κ3) is 5.07. The van der Waals surface area contributed by atoms with E-state index in [2.05, 4.69) is 10.3 Å². The molecule has 0 saturated heterocycles. The van der Waals surface area contributed by atoms with E-state index in [4.69, 9.17) is 0 Å². The first kappa shape index (κ1) is 18.5. The maximum absolute atomic E-state index is 12.7. The van der Waals surface area contributed by atoms with Gasteiger partial charge in [0.05, 0.1) is 5.56 Å². The van der Waals surface area contributed by atoms with Crippen LogP contribution in [0.15, 0.2) is 41.5 Å². The van der Waals surface area contributed by atoms with Crippen molar-refractivity contribution in [3.63, 3.8) is 0 Å². The third-order valence-corrected chi connectivity index (χ3v) is 3.38. The number of pyridine rings is 2. The number of aromatic nitrogens is 2. The summed E-state index contributed by atoms with van der Waals surface area (Å²) >= 11 is 0. The van der Waals surface area contributed by atoms with Gasteiger partial charge in [-0.05, 0) is 17.7 Å². The lowest BCUT2D eigenvalue weighted by molar-refractivity contribution is -0.138. The Hall–Kier alpha value is -2.84. The molecule has 0 atom stereocenters. The van der Waals surface area contributed by atoms with Gasteiger partial charge < -0.3 is 14.8 Å². The minimum atomic E-state index is -4.58. The minimum Gasteiger partial charge on any atom is -0.363 e. The number of hydrogen-bond donors (Lipinski definition) is 1. The number of carbonyl (C=O) groups is 1. The summed E-state index contributed by atoms with van der Waals surface area (Å²) < 4.78 is 38.7. The van der Waals surface area contributed by atoms with Crippen molar-refractivity contribution >= 4 is 11.7 Å². The zero-order valence-electron chi connectivity index (χ0n) is 13.7. The van der Waals surface area contributed by atoms with E-state index in [0.717, 1.165) is 22.0 Å². The first-order chi connectivity index (χ1) is 11.7. The molecule has 25 heavy (non-hydrogen) atoms. The highest BCUT2D eigenvalue weighted by Crippen LogP contribution is 2.27. The summed E-state index contributed by atoms with van der Waals surface area (Å²) in [5.74, 6) is 0.184. The standard InChI is InChI=1S/C16H17F3N4O2/c1-22(2)13-5-3-11(7-20-13)8-21-14(24)10-23-9-12(16(17,18)19)4-6-15(23)25/h3-7,9H,8,10H2,1-2H3,(H,21,24). The van der Waals surface area contributed by atoms with Crippen molar-refractivity contribution in [1.29, 1.82) is 0 Å². The minimum absolute atomic E-state index is 0.160. The van der Waals surface area contributed by atoms with Crippen molar-refractivity contribution in [2.75, 3.05) is 19.0 Å². The molecule has 0 aliphatic carbocycles. The van der Waals surface area contributed by atoms with Gasteiger partial charge in [0.1, 0.15) is 12.4 Å². The first-order valence-electron chi connectivity index (χ1n) is 7.33. The van der Waals surface area contributed by atoms with Gasteiger partial charge in [0.15, 0.2) is 0 Å². The summed E-state index contributed by atoms with van der Waals surface area (Å²) in [5, 5.41) is 2.55. The van der Waals surface area contributed by atoms with Gasteiger partial charge in [-0.1, -0.05) is 6.07 Å². The molecule has 0 bridgehead atoms. The summed E-state index contributed by atoms with van der Waals surface area (Å²) in [6.45, 7) is -0.334. The lowest BCUT2D eigenvalue weighted by Gasteiger charge is -2.12. The average Bonchev–Trinajstić information content (AvgIpc) is 2.54. The molecule has 0 aliphatic rings. The number of rotatable bonds is 5. The van der Waals surface area contributed by atoms with Crippen LogP contribution in [-0.2, 0) is 24.1 Å². The zero-order chi connectivity index (χ0) is 18.6. The van der Waals surface area contributed by atoms with Crippen LogP contribution in [-0.4, -0.2) is 29.6 Å². The molecule has 0 aliphatic heterocycles. The Bertz CT molecular complexity index is 798. The molecule has 2 heterocycles. The number of amides is 1. The molecule has 0 spiro atoms. The van der Waals surface area contributed by atoms with E-state index in [-0.39, 0.29) is 6.54 Å². The van der Waals surface area contributed by atoms with E-state index in [1.807, 2.05) is 19.0 Å². The number of hydrogen-bond acceptors (Lipinski definition) is 4. The summed E-state index contributed by atoms with van der Waals surface area (Å²) in [4.78, 5) is 29.5. The second-order valence-electron chi connectivity index (χ2n) is 5.58. The smallest absolute Gasteiger partial charge is 0.363 e. The maximum atomic E-state index is 12.7. The Morgan fingerprint density at radius 3 is 2.52 bits per heavy atom. The monoisotopic (exact) mass is 354 g/mol. The van der Waals surface area contributed by atoms with Crippen molar-refractivity contribution in [3.05, 3.63) is 58.1 Å². The van der Waals surface area contributed by atoms with Gasteiger partial charge in [-0.25, -0.2) is 4.98 Å². The summed E-state index contributed by atoms with van der Waals surface area (Å²) in [6, 6.07) is 5.03. The van der Waals surface area contributed by atoms with Crippen LogP contribution in [0.5, 0.6) is 0 Å². The van der Waals surface area contributed by atoms with Crippen LogP contribution in [0.2, 0.25) is 0 Å². The average molecular weight is 354 g/mol. The van der Waals surface area contributed by atoms with Crippen LogP contribution in [0, 0.1) is 0 Å². The van der Waals surface area contributed by atoms with E-state index in [0.29, 0.717) is 12.3 Å². The molecule has 1 N–H and O–H groups in total. The summed E-state index contributed by atoms with van der Waals surface area (Å²) in [6.07, 6.45) is -2.35. The summed E-state index contributed by atoms with van der Waals surface area (Å²) in [7, 11) is 3.69.